The first-order valence-corrected chi connectivity index (χ1v) is 11.2. The van der Waals surface area contributed by atoms with Gasteiger partial charge in [0, 0.05) is 18.3 Å². The number of amides is 1. The van der Waals surface area contributed by atoms with Crippen LogP contribution in [0.3, 0.4) is 0 Å². The number of anilines is 1. The minimum absolute atomic E-state index is 0.107. The summed E-state index contributed by atoms with van der Waals surface area (Å²) in [6, 6.07) is 14.1. The van der Waals surface area contributed by atoms with Crippen molar-refractivity contribution in [1.82, 2.24) is 15.3 Å². The zero-order chi connectivity index (χ0) is 24.7. The number of carbonyl (C=O) groups excluding carboxylic acids is 1. The molecule has 1 unspecified atom stereocenters. The Morgan fingerprint density at radius 1 is 1.15 bits per heavy atom. The number of hydrogen-bond acceptors (Lipinski definition) is 7. The zero-order valence-electron chi connectivity index (χ0n) is 19.1. The average molecular weight is 485 g/mol. The summed E-state index contributed by atoms with van der Waals surface area (Å²) in [7, 11) is 0. The number of aromatic nitrogens is 2. The van der Waals surface area contributed by atoms with Crippen molar-refractivity contribution in [2.24, 2.45) is 0 Å². The molecule has 3 aromatic rings. The molecule has 0 aliphatic carbocycles. The van der Waals surface area contributed by atoms with Crippen molar-refractivity contribution in [1.29, 1.82) is 0 Å². The van der Waals surface area contributed by atoms with Gasteiger partial charge in [0.2, 0.25) is 5.91 Å². The van der Waals surface area contributed by atoms with Gasteiger partial charge in [-0.1, -0.05) is 35.9 Å². The van der Waals surface area contributed by atoms with E-state index in [-0.39, 0.29) is 35.9 Å². The Kier molecular flexibility index (Phi) is 8.57. The van der Waals surface area contributed by atoms with Crippen LogP contribution in [-0.4, -0.2) is 43.3 Å². The van der Waals surface area contributed by atoms with Crippen molar-refractivity contribution < 1.29 is 20.1 Å². The second-order valence-electron chi connectivity index (χ2n) is 8.72. The quantitative estimate of drug-likeness (QED) is 0.299. The maximum Gasteiger partial charge on any atom is 0.229 e. The van der Waals surface area contributed by atoms with E-state index in [1.54, 1.807) is 12.1 Å². The van der Waals surface area contributed by atoms with Crippen LogP contribution in [0.25, 0.3) is 0 Å². The first kappa shape index (κ1) is 25.6. The summed E-state index contributed by atoms with van der Waals surface area (Å²) in [6.45, 7) is 3.88. The number of benzene rings is 1. The predicted octanol–water partition coefficient (Wildman–Crippen LogP) is 3.15. The van der Waals surface area contributed by atoms with E-state index in [0.717, 1.165) is 11.1 Å². The molecule has 0 saturated carbocycles. The van der Waals surface area contributed by atoms with E-state index >= 15 is 0 Å². The van der Waals surface area contributed by atoms with E-state index in [9.17, 15) is 20.1 Å². The molecular weight excluding hydrogens is 456 g/mol. The number of rotatable bonds is 10. The number of carbonyl (C=O) groups is 1. The second kappa shape index (κ2) is 11.4. The van der Waals surface area contributed by atoms with E-state index in [2.05, 4.69) is 20.6 Å². The van der Waals surface area contributed by atoms with Crippen LogP contribution in [0, 0.1) is 0 Å². The minimum atomic E-state index is -0.901. The lowest BCUT2D eigenvalue weighted by Crippen LogP contribution is -2.43. The van der Waals surface area contributed by atoms with Crippen LogP contribution in [0.2, 0.25) is 5.02 Å². The van der Waals surface area contributed by atoms with E-state index in [1.165, 1.54) is 18.3 Å². The van der Waals surface area contributed by atoms with Gasteiger partial charge in [0.1, 0.15) is 23.4 Å². The molecule has 2 aromatic heterocycles. The Labute approximate surface area is 203 Å². The van der Waals surface area contributed by atoms with E-state index in [0.29, 0.717) is 23.0 Å². The highest BCUT2D eigenvalue weighted by Crippen LogP contribution is 2.20. The van der Waals surface area contributed by atoms with Crippen LogP contribution in [0.1, 0.15) is 42.5 Å². The van der Waals surface area contributed by atoms with Gasteiger partial charge in [0.25, 0.3) is 0 Å². The molecule has 0 aliphatic rings. The van der Waals surface area contributed by atoms with Crippen LogP contribution in [0.5, 0.6) is 5.75 Å². The van der Waals surface area contributed by atoms with Gasteiger partial charge in [0.05, 0.1) is 23.7 Å². The molecule has 1 amide bonds. The molecule has 0 spiro atoms. The Hall–Kier alpha value is -3.04. The van der Waals surface area contributed by atoms with Crippen LogP contribution >= 0.6 is 11.6 Å². The summed E-state index contributed by atoms with van der Waals surface area (Å²) >= 11 is 5.82. The van der Waals surface area contributed by atoms with E-state index < -0.39 is 12.7 Å². The van der Waals surface area contributed by atoms with Gasteiger partial charge in [-0.05, 0) is 55.7 Å². The zero-order valence-corrected chi connectivity index (χ0v) is 19.9. The molecule has 0 bridgehead atoms. The largest absolute Gasteiger partial charge is 0.506 e. The molecule has 8 nitrogen and oxygen atoms in total. The van der Waals surface area contributed by atoms with E-state index in [1.807, 2.05) is 38.1 Å². The summed E-state index contributed by atoms with van der Waals surface area (Å²) in [4.78, 5) is 20.6. The molecule has 0 radical (unpaired) electrons. The summed E-state index contributed by atoms with van der Waals surface area (Å²) in [6.07, 6.45) is 1.46. The lowest BCUT2D eigenvalue weighted by Gasteiger charge is -2.28. The van der Waals surface area contributed by atoms with Crippen LogP contribution in [0.15, 0.2) is 54.7 Å². The van der Waals surface area contributed by atoms with Crippen molar-refractivity contribution in [3.8, 4) is 5.75 Å². The maximum atomic E-state index is 12.4. The number of hydrogen-bond donors (Lipinski definition) is 5. The van der Waals surface area contributed by atoms with E-state index in [4.69, 9.17) is 11.6 Å². The van der Waals surface area contributed by atoms with Crippen molar-refractivity contribution in [3.63, 3.8) is 0 Å². The fourth-order valence-corrected chi connectivity index (χ4v) is 3.65. The Balaban J connectivity index is 1.56. The number of aromatic hydroxyl groups is 1. The highest BCUT2D eigenvalue weighted by Gasteiger charge is 2.21. The molecule has 5 N–H and O–H groups in total. The number of nitrogens with zero attached hydrogens (tertiary/aromatic N) is 2. The molecule has 0 fully saturated rings. The van der Waals surface area contributed by atoms with Gasteiger partial charge in [0.15, 0.2) is 0 Å². The van der Waals surface area contributed by atoms with Gasteiger partial charge in [-0.3, -0.25) is 4.79 Å². The Morgan fingerprint density at radius 3 is 2.62 bits per heavy atom. The third-order valence-electron chi connectivity index (χ3n) is 5.23. The van der Waals surface area contributed by atoms with Crippen LogP contribution < -0.4 is 10.6 Å². The SMILES string of the molecule is CC(C)(Cc1cccc(CC(=O)Nc2ccc(Cl)cn2)c1)NCC(O)c1ccc(O)c(CO)n1. The topological polar surface area (TPSA) is 128 Å². The fraction of sp³-hybridized carbons (Fsp3) is 0.320. The molecule has 34 heavy (non-hydrogen) atoms. The Bertz CT molecular complexity index is 1120. The average Bonchev–Trinajstić information content (AvgIpc) is 2.79. The van der Waals surface area contributed by atoms with Crippen molar-refractivity contribution in [2.75, 3.05) is 11.9 Å². The molecule has 1 atom stereocenters. The van der Waals surface area contributed by atoms with Crippen molar-refractivity contribution in [2.45, 2.75) is 44.9 Å². The predicted molar refractivity (Wildman–Crippen MR) is 131 cm³/mol. The van der Waals surface area contributed by atoms with Crippen molar-refractivity contribution in [3.05, 3.63) is 82.3 Å². The van der Waals surface area contributed by atoms with Gasteiger partial charge in [-0.2, -0.15) is 0 Å². The highest BCUT2D eigenvalue weighted by atomic mass is 35.5. The second-order valence-corrected chi connectivity index (χ2v) is 9.16. The third-order valence-corrected chi connectivity index (χ3v) is 5.46. The molecule has 3 rings (SSSR count). The molecule has 1 aromatic carbocycles. The lowest BCUT2D eigenvalue weighted by atomic mass is 9.93. The van der Waals surface area contributed by atoms with Gasteiger partial charge in [-0.25, -0.2) is 9.97 Å². The molecule has 0 saturated heterocycles. The molecule has 0 aliphatic heterocycles. The summed E-state index contributed by atoms with van der Waals surface area (Å²) in [5.74, 6) is 0.171. The summed E-state index contributed by atoms with van der Waals surface area (Å²) in [5, 5.41) is 36.0. The monoisotopic (exact) mass is 484 g/mol. The molecule has 180 valence electrons. The van der Waals surface area contributed by atoms with Gasteiger partial charge < -0.3 is 26.0 Å². The summed E-state index contributed by atoms with van der Waals surface area (Å²) < 4.78 is 0. The van der Waals surface area contributed by atoms with Crippen LogP contribution in [-0.2, 0) is 24.2 Å². The van der Waals surface area contributed by atoms with Gasteiger partial charge >= 0.3 is 0 Å². The first-order valence-electron chi connectivity index (χ1n) is 10.9. The first-order chi connectivity index (χ1) is 16.1. The number of β-amino-alcohol motifs (C(OH)–C–C–N with tert-alkyl or cyclic N) is 1. The number of aliphatic hydroxyl groups is 2. The lowest BCUT2D eigenvalue weighted by molar-refractivity contribution is -0.115. The number of nitrogens with one attached hydrogen (secondary N) is 2. The molecule has 2 heterocycles. The number of halogens is 1. The van der Waals surface area contributed by atoms with Crippen molar-refractivity contribution >= 4 is 23.3 Å². The summed E-state index contributed by atoms with van der Waals surface area (Å²) in [5.41, 5.74) is 2.07. The number of aliphatic hydroxyl groups excluding tert-OH is 2. The minimum Gasteiger partial charge on any atom is -0.506 e. The maximum absolute atomic E-state index is 12.4. The molecule has 9 heteroatoms. The number of pyridine rings is 2. The Morgan fingerprint density at radius 2 is 1.91 bits per heavy atom. The third kappa shape index (κ3) is 7.50. The van der Waals surface area contributed by atoms with Crippen LogP contribution in [0.4, 0.5) is 5.82 Å². The highest BCUT2D eigenvalue weighted by molar-refractivity contribution is 6.30. The van der Waals surface area contributed by atoms with Gasteiger partial charge in [-0.15, -0.1) is 0 Å². The smallest absolute Gasteiger partial charge is 0.229 e. The molecular formula is C25H29ClN4O4. The standard InChI is InChI=1S/C25H29ClN4O4/c1-25(2,28-14-22(33)19-7-8-21(32)20(15-31)29-19)12-17-5-3-4-16(10-17)11-24(34)30-23-9-6-18(26)13-27-23/h3-10,13,22,28,31-33H,11-12,14-15H2,1-2H3,(H,27,30,34). The fourth-order valence-electron chi connectivity index (χ4n) is 3.53. The normalized spacial score (nSPS) is 12.4.